The molecule has 1 unspecified atom stereocenters. The second-order valence-electron chi connectivity index (χ2n) is 5.42. The van der Waals surface area contributed by atoms with E-state index in [9.17, 15) is 4.79 Å². The van der Waals surface area contributed by atoms with E-state index in [0.717, 1.165) is 16.9 Å². The Labute approximate surface area is 126 Å². The van der Waals surface area contributed by atoms with Crippen molar-refractivity contribution in [3.8, 4) is 0 Å². The lowest BCUT2D eigenvalue weighted by Crippen LogP contribution is -2.34. The quantitative estimate of drug-likeness (QED) is 0.853. The Balaban J connectivity index is 1.57. The van der Waals surface area contributed by atoms with E-state index >= 15 is 0 Å². The second-order valence-corrected chi connectivity index (χ2v) is 6.90. The van der Waals surface area contributed by atoms with Crippen LogP contribution < -0.4 is 5.32 Å². The Kier molecular flexibility index (Phi) is 3.18. The molecule has 1 amide bonds. The van der Waals surface area contributed by atoms with Gasteiger partial charge in [-0.05, 0) is 25.5 Å². The average molecular weight is 312 g/mol. The molecule has 1 aliphatic carbocycles. The van der Waals surface area contributed by atoms with Gasteiger partial charge in [0.2, 0.25) is 5.91 Å². The first-order valence-electron chi connectivity index (χ1n) is 6.52. The van der Waals surface area contributed by atoms with Gasteiger partial charge in [0.05, 0.1) is 16.4 Å². The maximum absolute atomic E-state index is 12.0. The first-order chi connectivity index (χ1) is 9.42. The molecule has 4 nitrogen and oxygen atoms in total. The van der Waals surface area contributed by atoms with E-state index in [1.54, 1.807) is 6.92 Å². The van der Waals surface area contributed by atoms with Crippen molar-refractivity contribution in [2.45, 2.75) is 24.1 Å². The van der Waals surface area contributed by atoms with Gasteiger partial charge in [0.1, 0.15) is 10.2 Å². The predicted octanol–water partition coefficient (Wildman–Crippen LogP) is 2.81. The lowest BCUT2D eigenvalue weighted by molar-refractivity contribution is -0.125. The number of fused-ring (bicyclic) bond motifs is 1. The summed E-state index contributed by atoms with van der Waals surface area (Å²) in [5.41, 5.74) is 1.27. The fourth-order valence-corrected chi connectivity index (χ4v) is 2.97. The van der Waals surface area contributed by atoms with E-state index < -0.39 is 9.75 Å². The van der Waals surface area contributed by atoms with Crippen LogP contribution in [0.1, 0.15) is 19.2 Å². The van der Waals surface area contributed by atoms with Gasteiger partial charge in [0.15, 0.2) is 0 Å². The number of aromatic amines is 1. The fraction of sp³-hybridized carbons (Fsp3) is 0.429. The topological polar surface area (TPSA) is 57.8 Å². The summed E-state index contributed by atoms with van der Waals surface area (Å²) in [6.45, 7) is 2.29. The monoisotopic (exact) mass is 311 g/mol. The van der Waals surface area contributed by atoms with Gasteiger partial charge < -0.3 is 10.3 Å². The predicted molar refractivity (Wildman–Crippen MR) is 80.0 cm³/mol. The van der Waals surface area contributed by atoms with E-state index in [2.05, 4.69) is 15.3 Å². The fourth-order valence-electron chi connectivity index (χ4n) is 2.26. The average Bonchev–Trinajstić information content (AvgIpc) is 2.75. The number of imidazole rings is 1. The molecule has 6 heteroatoms. The van der Waals surface area contributed by atoms with Crippen molar-refractivity contribution in [1.82, 2.24) is 15.3 Å². The van der Waals surface area contributed by atoms with Gasteiger partial charge in [-0.1, -0.05) is 12.1 Å². The zero-order valence-corrected chi connectivity index (χ0v) is 12.6. The molecule has 0 saturated heterocycles. The van der Waals surface area contributed by atoms with E-state index in [1.807, 2.05) is 24.3 Å². The molecule has 106 valence electrons. The van der Waals surface area contributed by atoms with Crippen LogP contribution in [0.2, 0.25) is 0 Å². The highest BCUT2D eigenvalue weighted by molar-refractivity contribution is 6.53. The van der Waals surface area contributed by atoms with E-state index in [4.69, 9.17) is 23.2 Å². The molecule has 0 bridgehead atoms. The van der Waals surface area contributed by atoms with E-state index in [-0.39, 0.29) is 5.91 Å². The van der Waals surface area contributed by atoms with Crippen LogP contribution in [-0.4, -0.2) is 26.8 Å². The second kappa shape index (κ2) is 4.64. The Bertz CT molecular complexity index is 634. The SMILES string of the molecule is CC1(C(=O)NCCc2nc3ccccc3[nH]2)CC1(Cl)Cl. The molecule has 0 spiro atoms. The van der Waals surface area contributed by atoms with Crippen LogP contribution >= 0.6 is 23.2 Å². The van der Waals surface area contributed by atoms with Crippen LogP contribution in [0.25, 0.3) is 11.0 Å². The number of carbonyl (C=O) groups is 1. The molecule has 1 saturated carbocycles. The van der Waals surface area contributed by atoms with Crippen molar-refractivity contribution in [2.75, 3.05) is 6.54 Å². The number of nitrogens with one attached hydrogen (secondary N) is 2. The molecule has 2 N–H and O–H groups in total. The third-order valence-electron chi connectivity index (χ3n) is 3.84. The number of hydrogen-bond donors (Lipinski definition) is 2. The smallest absolute Gasteiger partial charge is 0.229 e. The minimum absolute atomic E-state index is 0.0985. The molecule has 20 heavy (non-hydrogen) atoms. The number of benzene rings is 1. The molecular formula is C14H15Cl2N3O. The number of alkyl halides is 2. The summed E-state index contributed by atoms with van der Waals surface area (Å²) >= 11 is 12.0. The van der Waals surface area contributed by atoms with Gasteiger partial charge >= 0.3 is 0 Å². The van der Waals surface area contributed by atoms with Crippen molar-refractivity contribution >= 4 is 40.1 Å². The number of halogens is 2. The summed E-state index contributed by atoms with van der Waals surface area (Å²) in [7, 11) is 0. The Morgan fingerprint density at radius 3 is 2.80 bits per heavy atom. The summed E-state index contributed by atoms with van der Waals surface area (Å²) in [6.07, 6.45) is 1.15. The molecule has 1 aliphatic rings. The van der Waals surface area contributed by atoms with Crippen molar-refractivity contribution < 1.29 is 4.79 Å². The van der Waals surface area contributed by atoms with Gasteiger partial charge in [-0.25, -0.2) is 4.98 Å². The molecule has 0 radical (unpaired) electrons. The van der Waals surface area contributed by atoms with Crippen LogP contribution in [-0.2, 0) is 11.2 Å². The highest BCUT2D eigenvalue weighted by atomic mass is 35.5. The zero-order chi connectivity index (χ0) is 14.4. The van der Waals surface area contributed by atoms with Crippen LogP contribution in [0.5, 0.6) is 0 Å². The van der Waals surface area contributed by atoms with Crippen LogP contribution in [0.3, 0.4) is 0 Å². The molecule has 1 aromatic carbocycles. The lowest BCUT2D eigenvalue weighted by atomic mass is 10.1. The van der Waals surface area contributed by atoms with Crippen LogP contribution in [0, 0.1) is 5.41 Å². The Morgan fingerprint density at radius 1 is 1.45 bits per heavy atom. The van der Waals surface area contributed by atoms with Crippen LogP contribution in [0.4, 0.5) is 0 Å². The number of amides is 1. The van der Waals surface area contributed by atoms with Gasteiger partial charge in [-0.3, -0.25) is 4.79 Å². The van der Waals surface area contributed by atoms with Crippen LogP contribution in [0.15, 0.2) is 24.3 Å². The normalized spacial score (nSPS) is 23.8. The van der Waals surface area contributed by atoms with Gasteiger partial charge in [-0.15, -0.1) is 23.2 Å². The van der Waals surface area contributed by atoms with E-state index in [1.165, 1.54) is 0 Å². The standard InChI is InChI=1S/C14H15Cl2N3O/c1-13(8-14(13,15)16)12(20)17-7-6-11-18-9-4-2-3-5-10(9)19-11/h2-5H,6-8H2,1H3,(H,17,20)(H,18,19). The third kappa shape index (κ3) is 2.27. The minimum atomic E-state index is -0.920. The number of nitrogens with zero attached hydrogens (tertiary/aromatic N) is 1. The molecule has 2 aromatic rings. The summed E-state index contributed by atoms with van der Waals surface area (Å²) in [4.78, 5) is 19.7. The van der Waals surface area contributed by atoms with Crippen molar-refractivity contribution in [3.05, 3.63) is 30.1 Å². The number of rotatable bonds is 4. The van der Waals surface area contributed by atoms with Crippen molar-refractivity contribution in [2.24, 2.45) is 5.41 Å². The number of hydrogen-bond acceptors (Lipinski definition) is 2. The molecule has 1 heterocycles. The van der Waals surface area contributed by atoms with Gasteiger partial charge in [0, 0.05) is 13.0 Å². The summed E-state index contributed by atoms with van der Waals surface area (Å²) in [6, 6.07) is 7.84. The number of H-pyrrole nitrogens is 1. The third-order valence-corrected chi connectivity index (χ3v) is 4.95. The maximum Gasteiger partial charge on any atom is 0.229 e. The first-order valence-corrected chi connectivity index (χ1v) is 7.28. The molecule has 1 atom stereocenters. The Morgan fingerprint density at radius 2 is 2.15 bits per heavy atom. The maximum atomic E-state index is 12.0. The summed E-state index contributed by atoms with van der Waals surface area (Å²) < 4.78 is -0.920. The van der Waals surface area contributed by atoms with Gasteiger partial charge in [-0.2, -0.15) is 0 Å². The Hall–Kier alpha value is -1.26. The largest absolute Gasteiger partial charge is 0.355 e. The number of para-hydroxylation sites is 2. The zero-order valence-electron chi connectivity index (χ0n) is 11.0. The molecule has 1 fully saturated rings. The number of aromatic nitrogens is 2. The van der Waals surface area contributed by atoms with Gasteiger partial charge in [0.25, 0.3) is 0 Å². The summed E-state index contributed by atoms with van der Waals surface area (Å²) in [5.74, 6) is 0.758. The highest BCUT2D eigenvalue weighted by Gasteiger charge is 2.67. The van der Waals surface area contributed by atoms with Crippen molar-refractivity contribution in [1.29, 1.82) is 0 Å². The minimum Gasteiger partial charge on any atom is -0.355 e. The summed E-state index contributed by atoms with van der Waals surface area (Å²) in [5, 5.41) is 2.87. The molecular weight excluding hydrogens is 297 g/mol. The highest BCUT2D eigenvalue weighted by Crippen LogP contribution is 2.63. The molecule has 1 aromatic heterocycles. The molecule has 0 aliphatic heterocycles. The van der Waals surface area contributed by atoms with Crippen molar-refractivity contribution in [3.63, 3.8) is 0 Å². The number of carbonyl (C=O) groups excluding carboxylic acids is 1. The van der Waals surface area contributed by atoms with E-state index in [0.29, 0.717) is 19.4 Å². The first kappa shape index (κ1) is 13.7. The molecule has 3 rings (SSSR count). The lowest BCUT2D eigenvalue weighted by Gasteiger charge is -2.11.